The summed E-state index contributed by atoms with van der Waals surface area (Å²) in [4.78, 5) is 10.1. The number of ether oxygens (including phenoxy) is 1. The molecule has 90 valence electrons. The van der Waals surface area contributed by atoms with Gasteiger partial charge >= 0.3 is 0 Å². The first-order chi connectivity index (χ1) is 7.56. The predicted molar refractivity (Wildman–Crippen MR) is 57.3 cm³/mol. The summed E-state index contributed by atoms with van der Waals surface area (Å²) in [6.45, 7) is 5.64. The molecule has 0 aromatic carbocycles. The van der Waals surface area contributed by atoms with Crippen molar-refractivity contribution in [1.29, 1.82) is 0 Å². The fraction of sp³-hybridized carbons (Fsp3) is 0.636. The number of rotatable bonds is 6. The van der Waals surface area contributed by atoms with Crippen molar-refractivity contribution in [2.45, 2.75) is 32.8 Å². The second-order valence-corrected chi connectivity index (χ2v) is 4.06. The minimum Gasteiger partial charge on any atom is -0.468 e. The Morgan fingerprint density at radius 1 is 1.56 bits per heavy atom. The van der Waals surface area contributed by atoms with Crippen LogP contribution in [-0.2, 0) is 4.79 Å². The lowest BCUT2D eigenvalue weighted by atomic mass is 9.89. The van der Waals surface area contributed by atoms with E-state index in [1.807, 2.05) is 13.8 Å². The first-order valence-electron chi connectivity index (χ1n) is 5.27. The number of carbonyl (C=O) groups is 1. The van der Waals surface area contributed by atoms with Crippen LogP contribution in [0.3, 0.4) is 0 Å². The van der Waals surface area contributed by atoms with Crippen LogP contribution in [0, 0.1) is 5.92 Å². The standard InChI is InChI=1S/C11H17NO4/c1-7(2)11(8(3)14)9-6-10(12-16-9)15-5-4-13/h4,6-8,11,14H,5H2,1-3H3/t8?,11-/m0/s1. The van der Waals surface area contributed by atoms with Gasteiger partial charge in [-0.25, -0.2) is 0 Å². The van der Waals surface area contributed by atoms with E-state index in [0.29, 0.717) is 12.0 Å². The van der Waals surface area contributed by atoms with Gasteiger partial charge in [0.1, 0.15) is 12.4 Å². The van der Waals surface area contributed by atoms with Crippen molar-refractivity contribution in [1.82, 2.24) is 5.16 Å². The van der Waals surface area contributed by atoms with Crippen LogP contribution in [0.25, 0.3) is 0 Å². The lowest BCUT2D eigenvalue weighted by Gasteiger charge is -2.20. The molecule has 1 aromatic heterocycles. The zero-order chi connectivity index (χ0) is 12.1. The highest BCUT2D eigenvalue weighted by Crippen LogP contribution is 2.29. The van der Waals surface area contributed by atoms with Crippen molar-refractivity contribution in [3.05, 3.63) is 11.8 Å². The molecular weight excluding hydrogens is 210 g/mol. The molecule has 0 saturated heterocycles. The second-order valence-electron chi connectivity index (χ2n) is 4.06. The van der Waals surface area contributed by atoms with E-state index in [9.17, 15) is 9.90 Å². The van der Waals surface area contributed by atoms with E-state index in [4.69, 9.17) is 9.26 Å². The molecule has 0 saturated carbocycles. The molecule has 2 atom stereocenters. The first kappa shape index (κ1) is 12.7. The van der Waals surface area contributed by atoms with Crippen molar-refractivity contribution in [3.63, 3.8) is 0 Å². The molecule has 5 nitrogen and oxygen atoms in total. The van der Waals surface area contributed by atoms with Crippen LogP contribution >= 0.6 is 0 Å². The molecule has 0 radical (unpaired) electrons. The molecule has 0 amide bonds. The zero-order valence-electron chi connectivity index (χ0n) is 9.71. The Bertz CT molecular complexity index is 324. The van der Waals surface area contributed by atoms with Gasteiger partial charge in [-0.2, -0.15) is 0 Å². The maximum Gasteiger partial charge on any atom is 0.254 e. The number of aliphatic hydroxyl groups excluding tert-OH is 1. The smallest absolute Gasteiger partial charge is 0.254 e. The fourth-order valence-corrected chi connectivity index (χ4v) is 1.74. The molecule has 1 aromatic rings. The van der Waals surface area contributed by atoms with Gasteiger partial charge < -0.3 is 14.4 Å². The SMILES string of the molecule is CC(C)[C@H](c1cc(OCC=O)no1)C(C)O. The van der Waals surface area contributed by atoms with Gasteiger partial charge in [0.2, 0.25) is 0 Å². The maximum atomic E-state index is 10.1. The van der Waals surface area contributed by atoms with Crippen LogP contribution in [0.1, 0.15) is 32.4 Å². The average Bonchev–Trinajstić information content (AvgIpc) is 2.62. The summed E-state index contributed by atoms with van der Waals surface area (Å²) in [5.41, 5.74) is 0. The number of hydrogen-bond acceptors (Lipinski definition) is 5. The lowest BCUT2D eigenvalue weighted by molar-refractivity contribution is -0.109. The molecule has 1 unspecified atom stereocenters. The summed E-state index contributed by atoms with van der Waals surface area (Å²) in [5.74, 6) is 0.951. The molecule has 1 heterocycles. The third-order valence-electron chi connectivity index (χ3n) is 2.37. The van der Waals surface area contributed by atoms with Gasteiger partial charge in [0.15, 0.2) is 6.29 Å². The Labute approximate surface area is 94.4 Å². The number of nitrogens with zero attached hydrogens (tertiary/aromatic N) is 1. The van der Waals surface area contributed by atoms with E-state index in [2.05, 4.69) is 5.16 Å². The van der Waals surface area contributed by atoms with Gasteiger partial charge in [-0.3, -0.25) is 4.79 Å². The van der Waals surface area contributed by atoms with Gasteiger partial charge in [0.05, 0.1) is 6.10 Å². The molecule has 0 bridgehead atoms. The monoisotopic (exact) mass is 227 g/mol. The Morgan fingerprint density at radius 3 is 2.75 bits per heavy atom. The first-order valence-corrected chi connectivity index (χ1v) is 5.27. The van der Waals surface area contributed by atoms with Crippen molar-refractivity contribution in [2.75, 3.05) is 6.61 Å². The Hall–Kier alpha value is -1.36. The third kappa shape index (κ3) is 3.06. The maximum absolute atomic E-state index is 10.1. The lowest BCUT2D eigenvalue weighted by Crippen LogP contribution is -2.19. The molecule has 0 aliphatic rings. The molecular formula is C11H17NO4. The Balaban J connectivity index is 2.77. The number of aromatic nitrogens is 1. The number of carbonyl (C=O) groups excluding carboxylic acids is 1. The predicted octanol–water partition coefficient (Wildman–Crippen LogP) is 1.37. The van der Waals surface area contributed by atoms with Crippen molar-refractivity contribution in [3.8, 4) is 5.88 Å². The van der Waals surface area contributed by atoms with Crippen LogP contribution in [0.15, 0.2) is 10.6 Å². The van der Waals surface area contributed by atoms with Crippen molar-refractivity contribution in [2.24, 2.45) is 5.92 Å². The molecule has 0 aliphatic carbocycles. The van der Waals surface area contributed by atoms with Crippen LogP contribution in [0.5, 0.6) is 5.88 Å². The van der Waals surface area contributed by atoms with Gasteiger partial charge in [-0.05, 0) is 18.0 Å². The quantitative estimate of drug-likeness (QED) is 0.743. The van der Waals surface area contributed by atoms with Gasteiger partial charge in [-0.15, -0.1) is 0 Å². The highest BCUT2D eigenvalue weighted by molar-refractivity contribution is 5.51. The average molecular weight is 227 g/mol. The molecule has 1 N–H and O–H groups in total. The normalized spacial score (nSPS) is 14.8. The minimum atomic E-state index is -0.521. The van der Waals surface area contributed by atoms with Crippen LogP contribution in [0.4, 0.5) is 0 Å². The van der Waals surface area contributed by atoms with Crippen LogP contribution in [-0.4, -0.2) is 29.3 Å². The molecule has 0 fully saturated rings. The minimum absolute atomic E-state index is 0.0486. The van der Waals surface area contributed by atoms with Gasteiger partial charge in [0, 0.05) is 12.0 Å². The van der Waals surface area contributed by atoms with Crippen LogP contribution in [0.2, 0.25) is 0 Å². The Kier molecular flexibility index (Phi) is 4.49. The zero-order valence-corrected chi connectivity index (χ0v) is 9.71. The highest BCUT2D eigenvalue weighted by Gasteiger charge is 2.25. The van der Waals surface area contributed by atoms with Crippen molar-refractivity contribution < 1.29 is 19.2 Å². The summed E-state index contributed by atoms with van der Waals surface area (Å²) in [5, 5.41) is 13.3. The third-order valence-corrected chi connectivity index (χ3v) is 2.37. The second kappa shape index (κ2) is 5.65. The van der Waals surface area contributed by atoms with E-state index in [1.54, 1.807) is 13.0 Å². The fourth-order valence-electron chi connectivity index (χ4n) is 1.74. The van der Waals surface area contributed by atoms with E-state index in [-0.39, 0.29) is 24.3 Å². The Morgan fingerprint density at radius 2 is 2.25 bits per heavy atom. The molecule has 0 spiro atoms. The van der Waals surface area contributed by atoms with E-state index in [0.717, 1.165) is 0 Å². The van der Waals surface area contributed by atoms with Gasteiger partial charge in [-0.1, -0.05) is 13.8 Å². The number of hydrogen-bond donors (Lipinski definition) is 1. The highest BCUT2D eigenvalue weighted by atomic mass is 16.5. The number of aldehydes is 1. The summed E-state index contributed by atoms with van der Waals surface area (Å²) in [7, 11) is 0. The summed E-state index contributed by atoms with van der Waals surface area (Å²) in [6, 6.07) is 1.61. The van der Waals surface area contributed by atoms with E-state index in [1.165, 1.54) is 0 Å². The molecule has 1 rings (SSSR count). The van der Waals surface area contributed by atoms with Crippen LogP contribution < -0.4 is 4.74 Å². The summed E-state index contributed by atoms with van der Waals surface area (Å²) < 4.78 is 10.1. The molecule has 0 aliphatic heterocycles. The summed E-state index contributed by atoms with van der Waals surface area (Å²) >= 11 is 0. The number of aliphatic hydroxyl groups is 1. The summed E-state index contributed by atoms with van der Waals surface area (Å²) in [6.07, 6.45) is 0.120. The molecule has 5 heteroatoms. The van der Waals surface area contributed by atoms with E-state index >= 15 is 0 Å². The van der Waals surface area contributed by atoms with E-state index < -0.39 is 6.10 Å². The van der Waals surface area contributed by atoms with Crippen molar-refractivity contribution >= 4 is 6.29 Å². The van der Waals surface area contributed by atoms with Gasteiger partial charge in [0.25, 0.3) is 5.88 Å². The largest absolute Gasteiger partial charge is 0.468 e. The molecule has 16 heavy (non-hydrogen) atoms. The topological polar surface area (TPSA) is 72.6 Å².